The predicted molar refractivity (Wildman–Crippen MR) is 83.5 cm³/mol. The Morgan fingerprint density at radius 3 is 2.67 bits per heavy atom. The molecule has 2 N–H and O–H groups in total. The Morgan fingerprint density at radius 2 is 1.95 bits per heavy atom. The van der Waals surface area contributed by atoms with Crippen molar-refractivity contribution in [2.75, 3.05) is 5.32 Å². The molecule has 21 heavy (non-hydrogen) atoms. The molecule has 2 aromatic rings. The summed E-state index contributed by atoms with van der Waals surface area (Å²) in [6.07, 6.45) is 0. The smallest absolute Gasteiger partial charge is 0.246 e. The van der Waals surface area contributed by atoms with Gasteiger partial charge in [0, 0.05) is 21.8 Å². The Morgan fingerprint density at radius 1 is 1.24 bits per heavy atom. The number of carbonyl (C=O) groups is 1. The lowest BCUT2D eigenvalue weighted by molar-refractivity contribution is -0.117. The molecule has 0 bridgehead atoms. The first-order valence-corrected chi connectivity index (χ1v) is 7.46. The molecule has 1 heterocycles. The van der Waals surface area contributed by atoms with Gasteiger partial charge in [0.1, 0.15) is 11.9 Å². The van der Waals surface area contributed by atoms with Crippen LogP contribution >= 0.6 is 15.9 Å². The molecule has 0 radical (unpaired) electrons. The van der Waals surface area contributed by atoms with Gasteiger partial charge in [0.05, 0.1) is 0 Å². The van der Waals surface area contributed by atoms with Gasteiger partial charge < -0.3 is 5.32 Å². The molecule has 3 nitrogen and oxygen atoms in total. The number of nitrogens with one attached hydrogen (secondary N) is 2. The van der Waals surface area contributed by atoms with E-state index in [9.17, 15) is 9.18 Å². The maximum absolute atomic E-state index is 13.0. The van der Waals surface area contributed by atoms with E-state index in [0.717, 1.165) is 21.3 Å². The number of benzene rings is 2. The van der Waals surface area contributed by atoms with E-state index >= 15 is 0 Å². The van der Waals surface area contributed by atoms with Crippen LogP contribution in [0.15, 0.2) is 46.9 Å². The van der Waals surface area contributed by atoms with Crippen LogP contribution in [0.1, 0.15) is 30.1 Å². The fraction of sp³-hybridized carbons (Fsp3) is 0.188. The second-order valence-corrected chi connectivity index (χ2v) is 6.01. The molecule has 2 unspecified atom stereocenters. The van der Waals surface area contributed by atoms with Gasteiger partial charge >= 0.3 is 0 Å². The summed E-state index contributed by atoms with van der Waals surface area (Å²) in [6, 6.07) is 11.5. The van der Waals surface area contributed by atoms with Crippen molar-refractivity contribution in [1.82, 2.24) is 5.32 Å². The molecule has 0 saturated heterocycles. The highest BCUT2D eigenvalue weighted by Gasteiger charge is 2.31. The molecule has 108 valence electrons. The highest BCUT2D eigenvalue weighted by Crippen LogP contribution is 2.34. The Labute approximate surface area is 130 Å². The van der Waals surface area contributed by atoms with E-state index in [1.165, 1.54) is 12.1 Å². The number of halogens is 2. The zero-order valence-corrected chi connectivity index (χ0v) is 12.9. The summed E-state index contributed by atoms with van der Waals surface area (Å²) in [5.41, 5.74) is 2.68. The van der Waals surface area contributed by atoms with E-state index in [1.54, 1.807) is 12.1 Å². The molecule has 1 aliphatic heterocycles. The van der Waals surface area contributed by atoms with Crippen molar-refractivity contribution in [3.05, 3.63) is 63.9 Å². The molecule has 1 amide bonds. The van der Waals surface area contributed by atoms with Crippen LogP contribution in [-0.4, -0.2) is 5.91 Å². The Bertz CT molecular complexity index is 687. The van der Waals surface area contributed by atoms with Crippen molar-refractivity contribution in [3.63, 3.8) is 0 Å². The van der Waals surface area contributed by atoms with Gasteiger partial charge in [-0.3, -0.25) is 10.1 Å². The standard InChI is InChI=1S/C16H14BrFN2O/c1-9(10-2-5-12(18)6-3-10)19-15-13-8-11(17)4-7-14(13)20-16(15)21/h2-9,15,19H,1H3,(H,20,21). The summed E-state index contributed by atoms with van der Waals surface area (Å²) in [7, 11) is 0. The van der Waals surface area contributed by atoms with Gasteiger partial charge in [-0.1, -0.05) is 28.1 Å². The monoisotopic (exact) mass is 348 g/mol. The van der Waals surface area contributed by atoms with Crippen molar-refractivity contribution in [1.29, 1.82) is 0 Å². The van der Waals surface area contributed by atoms with Gasteiger partial charge in [-0.05, 0) is 42.8 Å². The predicted octanol–water partition coefficient (Wildman–Crippen LogP) is 3.93. The van der Waals surface area contributed by atoms with Crippen LogP contribution in [0.5, 0.6) is 0 Å². The van der Waals surface area contributed by atoms with E-state index in [-0.39, 0.29) is 17.8 Å². The molecule has 0 spiro atoms. The molecular formula is C16H14BrFN2O. The highest BCUT2D eigenvalue weighted by atomic mass is 79.9. The molecule has 0 fully saturated rings. The summed E-state index contributed by atoms with van der Waals surface area (Å²) < 4.78 is 13.9. The van der Waals surface area contributed by atoms with Gasteiger partial charge in [-0.2, -0.15) is 0 Å². The number of anilines is 1. The van der Waals surface area contributed by atoms with E-state index in [4.69, 9.17) is 0 Å². The third kappa shape index (κ3) is 2.84. The lowest BCUT2D eigenvalue weighted by Gasteiger charge is -2.19. The highest BCUT2D eigenvalue weighted by molar-refractivity contribution is 9.10. The van der Waals surface area contributed by atoms with Gasteiger partial charge in [-0.15, -0.1) is 0 Å². The summed E-state index contributed by atoms with van der Waals surface area (Å²) in [5, 5.41) is 6.15. The quantitative estimate of drug-likeness (QED) is 0.882. The van der Waals surface area contributed by atoms with Crippen molar-refractivity contribution in [2.45, 2.75) is 19.0 Å². The first-order valence-electron chi connectivity index (χ1n) is 6.66. The zero-order chi connectivity index (χ0) is 15.0. The molecule has 2 aromatic carbocycles. The number of rotatable bonds is 3. The molecular weight excluding hydrogens is 335 g/mol. The number of fused-ring (bicyclic) bond motifs is 1. The molecule has 2 atom stereocenters. The van der Waals surface area contributed by atoms with E-state index < -0.39 is 6.04 Å². The minimum atomic E-state index is -0.405. The van der Waals surface area contributed by atoms with Crippen LogP contribution in [0.2, 0.25) is 0 Å². The topological polar surface area (TPSA) is 41.1 Å². The van der Waals surface area contributed by atoms with Crippen LogP contribution < -0.4 is 10.6 Å². The zero-order valence-electron chi connectivity index (χ0n) is 11.4. The summed E-state index contributed by atoms with van der Waals surface area (Å²) in [4.78, 5) is 12.1. The van der Waals surface area contributed by atoms with Crippen LogP contribution in [0.4, 0.5) is 10.1 Å². The maximum atomic E-state index is 13.0. The minimum absolute atomic E-state index is 0.0636. The average Bonchev–Trinajstić information content (AvgIpc) is 2.76. The van der Waals surface area contributed by atoms with Crippen molar-refractivity contribution < 1.29 is 9.18 Å². The lowest BCUT2D eigenvalue weighted by atomic mass is 10.0. The number of hydrogen-bond acceptors (Lipinski definition) is 2. The Hall–Kier alpha value is -1.72. The van der Waals surface area contributed by atoms with E-state index in [0.29, 0.717) is 0 Å². The second-order valence-electron chi connectivity index (χ2n) is 5.09. The summed E-state index contributed by atoms with van der Waals surface area (Å²) in [6.45, 7) is 1.95. The average molecular weight is 349 g/mol. The number of amides is 1. The molecule has 0 aliphatic carbocycles. The van der Waals surface area contributed by atoms with Crippen molar-refractivity contribution in [3.8, 4) is 0 Å². The fourth-order valence-electron chi connectivity index (χ4n) is 2.50. The lowest BCUT2D eigenvalue weighted by Crippen LogP contribution is -2.29. The molecule has 0 aromatic heterocycles. The first kappa shape index (κ1) is 14.2. The third-order valence-electron chi connectivity index (χ3n) is 3.63. The Kier molecular flexibility index (Phi) is 3.78. The van der Waals surface area contributed by atoms with Crippen LogP contribution in [0.25, 0.3) is 0 Å². The van der Waals surface area contributed by atoms with E-state index in [1.807, 2.05) is 25.1 Å². The summed E-state index contributed by atoms with van der Waals surface area (Å²) >= 11 is 3.42. The minimum Gasteiger partial charge on any atom is -0.324 e. The maximum Gasteiger partial charge on any atom is 0.246 e. The largest absolute Gasteiger partial charge is 0.324 e. The van der Waals surface area contributed by atoms with Gasteiger partial charge in [0.25, 0.3) is 0 Å². The SMILES string of the molecule is CC(NC1C(=O)Nc2ccc(Br)cc21)c1ccc(F)cc1. The van der Waals surface area contributed by atoms with Crippen molar-refractivity contribution >= 4 is 27.5 Å². The van der Waals surface area contributed by atoms with Crippen LogP contribution in [0, 0.1) is 5.82 Å². The summed E-state index contributed by atoms with van der Waals surface area (Å²) in [5.74, 6) is -0.337. The van der Waals surface area contributed by atoms with Gasteiger partial charge in [-0.25, -0.2) is 4.39 Å². The van der Waals surface area contributed by atoms with Crippen LogP contribution in [-0.2, 0) is 4.79 Å². The van der Waals surface area contributed by atoms with Crippen LogP contribution in [0.3, 0.4) is 0 Å². The van der Waals surface area contributed by atoms with Crippen molar-refractivity contribution in [2.24, 2.45) is 0 Å². The Balaban J connectivity index is 1.83. The van der Waals surface area contributed by atoms with Gasteiger partial charge in [0.15, 0.2) is 0 Å². The fourth-order valence-corrected chi connectivity index (χ4v) is 2.87. The first-order chi connectivity index (χ1) is 10.0. The molecule has 3 rings (SSSR count). The second kappa shape index (κ2) is 5.58. The molecule has 5 heteroatoms. The number of carbonyl (C=O) groups excluding carboxylic acids is 1. The van der Waals surface area contributed by atoms with E-state index in [2.05, 4.69) is 26.6 Å². The van der Waals surface area contributed by atoms with Gasteiger partial charge in [0.2, 0.25) is 5.91 Å². The number of hydrogen-bond donors (Lipinski definition) is 2. The third-order valence-corrected chi connectivity index (χ3v) is 4.12. The molecule has 0 saturated carbocycles. The molecule has 1 aliphatic rings. The normalized spacial score (nSPS) is 18.2.